The van der Waals surface area contributed by atoms with Gasteiger partial charge < -0.3 is 30.0 Å². The van der Waals surface area contributed by atoms with E-state index in [0.29, 0.717) is 18.5 Å². The number of ketones is 2. The number of allylic oxidation sites excluding steroid dienone is 4. The molecule has 4 N–H and O–H groups in total. The molecule has 1 aromatic heterocycles. The van der Waals surface area contributed by atoms with Gasteiger partial charge in [-0.05, 0) is 56.1 Å². The van der Waals surface area contributed by atoms with E-state index in [1.165, 1.54) is 19.6 Å². The quantitative estimate of drug-likeness (QED) is 0.283. The van der Waals surface area contributed by atoms with Crippen molar-refractivity contribution in [3.63, 3.8) is 0 Å². The molecule has 0 aliphatic heterocycles. The molecule has 0 bridgehead atoms. The number of methoxy groups -OCH3 is 1. The summed E-state index contributed by atoms with van der Waals surface area (Å²) in [6.45, 7) is 3.26. The Balaban J connectivity index is 1.17. The van der Waals surface area contributed by atoms with Crippen LogP contribution in [0, 0.1) is 28.6 Å². The molecule has 12 heteroatoms. The van der Waals surface area contributed by atoms with Gasteiger partial charge >= 0.3 is 11.9 Å². The highest BCUT2D eigenvalue weighted by molar-refractivity contribution is 6.01. The van der Waals surface area contributed by atoms with Crippen LogP contribution in [0.25, 0.3) is 0 Å². The lowest BCUT2D eigenvalue weighted by molar-refractivity contribution is -0.181. The van der Waals surface area contributed by atoms with Crippen molar-refractivity contribution in [2.24, 2.45) is 28.6 Å². The number of nitrogens with one attached hydrogen (secondary N) is 2. The summed E-state index contributed by atoms with van der Waals surface area (Å²) in [6.07, 6.45) is 9.31. The van der Waals surface area contributed by atoms with Gasteiger partial charge in [0.1, 0.15) is 11.6 Å². The summed E-state index contributed by atoms with van der Waals surface area (Å²) in [4.78, 5) is 69.3. The number of aliphatic hydroxyl groups is 2. The van der Waals surface area contributed by atoms with Gasteiger partial charge in [0.15, 0.2) is 12.4 Å². The number of H-pyrrole nitrogens is 1. The van der Waals surface area contributed by atoms with Crippen LogP contribution in [-0.4, -0.2) is 81.1 Å². The van der Waals surface area contributed by atoms with Crippen LogP contribution in [-0.2, 0) is 39.9 Å². The topological polar surface area (TPSA) is 185 Å². The Kier molecular flexibility index (Phi) is 8.69. The number of ether oxygens (including phenoxy) is 2. The van der Waals surface area contributed by atoms with E-state index in [1.54, 1.807) is 12.2 Å². The normalized spacial score (nSPS) is 34.6. The SMILES string of the molecule is COC(=O)[C@@H](Cc1cnc[nH]1)NC(=O)CCC(=O)OCC(=O)[C@@]1(O)CC[C@H]2[C@@H]3CCC4=CC(=O)C=C[C@]4(C)[C@H]3[C@@H](O)C[C@@]21C. The third-order valence-electron chi connectivity index (χ3n) is 10.8. The number of rotatable bonds is 10. The summed E-state index contributed by atoms with van der Waals surface area (Å²) in [6, 6.07) is -0.979. The molecule has 0 saturated heterocycles. The van der Waals surface area contributed by atoms with Crippen LogP contribution in [0.5, 0.6) is 0 Å². The highest BCUT2D eigenvalue weighted by Gasteiger charge is 2.68. The van der Waals surface area contributed by atoms with Crippen molar-refractivity contribution in [1.29, 1.82) is 0 Å². The molecule has 1 aromatic rings. The number of aromatic amines is 1. The van der Waals surface area contributed by atoms with E-state index in [-0.39, 0.29) is 55.6 Å². The van der Waals surface area contributed by atoms with Crippen molar-refractivity contribution in [3.05, 3.63) is 42.0 Å². The van der Waals surface area contributed by atoms with Gasteiger partial charge in [-0.15, -0.1) is 0 Å². The summed E-state index contributed by atoms with van der Waals surface area (Å²) in [5.74, 6) is -2.80. The first-order valence-electron chi connectivity index (χ1n) is 15.2. The second-order valence-corrected chi connectivity index (χ2v) is 13.1. The lowest BCUT2D eigenvalue weighted by Crippen LogP contribution is -2.61. The van der Waals surface area contributed by atoms with E-state index in [4.69, 9.17) is 9.47 Å². The molecule has 4 aliphatic rings. The second kappa shape index (κ2) is 12.0. The van der Waals surface area contributed by atoms with Crippen molar-refractivity contribution in [2.75, 3.05) is 13.7 Å². The fourth-order valence-corrected chi connectivity index (χ4v) is 8.56. The fourth-order valence-electron chi connectivity index (χ4n) is 8.56. The molecule has 44 heavy (non-hydrogen) atoms. The number of imidazole rings is 1. The van der Waals surface area contributed by atoms with Crippen LogP contribution in [0.2, 0.25) is 0 Å². The lowest BCUT2D eigenvalue weighted by Gasteiger charge is -2.59. The van der Waals surface area contributed by atoms with Gasteiger partial charge in [-0.25, -0.2) is 9.78 Å². The van der Waals surface area contributed by atoms with Gasteiger partial charge in [0.2, 0.25) is 11.7 Å². The molecule has 4 aliphatic carbocycles. The molecule has 1 amide bonds. The van der Waals surface area contributed by atoms with E-state index in [9.17, 15) is 34.2 Å². The number of carbonyl (C=O) groups is 5. The predicted octanol–water partition coefficient (Wildman–Crippen LogP) is 1.51. The van der Waals surface area contributed by atoms with E-state index in [1.807, 2.05) is 13.0 Å². The number of aromatic nitrogens is 2. The highest BCUT2D eigenvalue weighted by Crippen LogP contribution is 2.67. The third-order valence-corrected chi connectivity index (χ3v) is 10.8. The summed E-state index contributed by atoms with van der Waals surface area (Å²) >= 11 is 0. The first-order valence-corrected chi connectivity index (χ1v) is 15.2. The van der Waals surface area contributed by atoms with E-state index < -0.39 is 58.8 Å². The summed E-state index contributed by atoms with van der Waals surface area (Å²) in [5.41, 5.74) is -1.52. The molecule has 0 radical (unpaired) electrons. The summed E-state index contributed by atoms with van der Waals surface area (Å²) in [5, 5.41) is 25.9. The molecule has 3 saturated carbocycles. The van der Waals surface area contributed by atoms with Crippen molar-refractivity contribution in [2.45, 2.75) is 83.0 Å². The number of hydrogen-bond donors (Lipinski definition) is 4. The van der Waals surface area contributed by atoms with Gasteiger partial charge in [0.25, 0.3) is 0 Å². The lowest BCUT2D eigenvalue weighted by atomic mass is 9.46. The molecule has 0 spiro atoms. The van der Waals surface area contributed by atoms with Gasteiger partial charge in [0, 0.05) is 41.5 Å². The minimum atomic E-state index is -1.78. The molecule has 0 aromatic carbocycles. The maximum absolute atomic E-state index is 13.5. The molecule has 3 fully saturated rings. The highest BCUT2D eigenvalue weighted by atomic mass is 16.5. The minimum absolute atomic E-state index is 0.0295. The van der Waals surface area contributed by atoms with Crippen LogP contribution in [0.15, 0.2) is 36.3 Å². The summed E-state index contributed by atoms with van der Waals surface area (Å²) < 4.78 is 9.95. The number of amides is 1. The zero-order valence-corrected chi connectivity index (χ0v) is 25.3. The van der Waals surface area contributed by atoms with E-state index in [0.717, 1.165) is 12.0 Å². The van der Waals surface area contributed by atoms with Gasteiger partial charge in [0.05, 0.1) is 26.0 Å². The standard InChI is InChI=1S/C32H41N3O9/c1-30-10-8-20(36)12-18(30)4-5-21-22-9-11-32(42,31(22,2)14-24(37)28(21)30)25(38)16-44-27(40)7-6-26(39)35-23(29(41)43-3)13-19-15-33-17-34-19/h8,10,12,15,17,21-24,28,37,42H,4-7,9,11,13-14,16H2,1-3H3,(H,33,34)(H,35,39)/t21-,22-,23+,24-,28+,30-,31-,32-/m0/s1. The van der Waals surface area contributed by atoms with Gasteiger partial charge in [-0.2, -0.15) is 0 Å². The predicted molar refractivity (Wildman–Crippen MR) is 154 cm³/mol. The van der Waals surface area contributed by atoms with E-state index in [2.05, 4.69) is 22.2 Å². The van der Waals surface area contributed by atoms with Crippen molar-refractivity contribution in [3.8, 4) is 0 Å². The number of esters is 2. The van der Waals surface area contributed by atoms with Crippen molar-refractivity contribution < 1.29 is 43.7 Å². The van der Waals surface area contributed by atoms with Gasteiger partial charge in [-0.1, -0.05) is 25.5 Å². The van der Waals surface area contributed by atoms with Crippen LogP contribution in [0.3, 0.4) is 0 Å². The smallest absolute Gasteiger partial charge is 0.328 e. The number of Topliss-reactive ketones (excluding diaryl/α,β-unsaturated/α-hetero) is 1. The average molecular weight is 612 g/mol. The molecule has 0 unspecified atom stereocenters. The number of nitrogens with zero attached hydrogens (tertiary/aromatic N) is 1. The number of hydrogen-bond acceptors (Lipinski definition) is 10. The maximum Gasteiger partial charge on any atom is 0.328 e. The number of carbonyl (C=O) groups excluding carboxylic acids is 5. The largest absolute Gasteiger partial charge is 0.467 e. The molecule has 12 nitrogen and oxygen atoms in total. The Hall–Kier alpha value is -3.64. The minimum Gasteiger partial charge on any atom is -0.467 e. The first-order chi connectivity index (χ1) is 20.8. The van der Waals surface area contributed by atoms with Crippen molar-refractivity contribution >= 4 is 29.4 Å². The molecule has 5 rings (SSSR count). The molecular formula is C32H41N3O9. The van der Waals surface area contributed by atoms with Crippen LogP contribution in [0.4, 0.5) is 0 Å². The molecule has 1 heterocycles. The van der Waals surface area contributed by atoms with Gasteiger partial charge in [-0.3, -0.25) is 19.2 Å². The average Bonchev–Trinajstić information content (AvgIpc) is 3.60. The third kappa shape index (κ3) is 5.53. The van der Waals surface area contributed by atoms with Crippen LogP contribution >= 0.6 is 0 Å². The van der Waals surface area contributed by atoms with E-state index >= 15 is 0 Å². The zero-order chi connectivity index (χ0) is 31.9. The second-order valence-electron chi connectivity index (χ2n) is 13.1. The Morgan fingerprint density at radius 2 is 1.98 bits per heavy atom. The summed E-state index contributed by atoms with van der Waals surface area (Å²) in [7, 11) is 1.20. The maximum atomic E-state index is 13.5. The Bertz CT molecular complexity index is 1390. The van der Waals surface area contributed by atoms with Crippen molar-refractivity contribution in [1.82, 2.24) is 15.3 Å². The monoisotopic (exact) mass is 611 g/mol. The molecular weight excluding hydrogens is 570 g/mol. The molecule has 238 valence electrons. The number of fused-ring (bicyclic) bond motifs is 5. The Morgan fingerprint density at radius 1 is 1.20 bits per heavy atom. The fraction of sp³-hybridized carbons (Fsp3) is 0.625. The number of aliphatic hydroxyl groups excluding tert-OH is 1. The van der Waals surface area contributed by atoms with Crippen LogP contribution in [0.1, 0.15) is 64.5 Å². The Morgan fingerprint density at radius 3 is 2.68 bits per heavy atom. The zero-order valence-electron chi connectivity index (χ0n) is 25.3. The Labute approximate surface area is 255 Å². The first kappa shape index (κ1) is 31.8. The van der Waals surface area contributed by atoms with Crippen LogP contribution < -0.4 is 5.32 Å². The molecule has 8 atom stereocenters.